The lowest BCUT2D eigenvalue weighted by Crippen LogP contribution is -2.27. The topological polar surface area (TPSA) is 66.4 Å². The summed E-state index contributed by atoms with van der Waals surface area (Å²) >= 11 is 3.28. The van der Waals surface area contributed by atoms with Gasteiger partial charge in [-0.25, -0.2) is 0 Å². The van der Waals surface area contributed by atoms with Crippen molar-refractivity contribution in [3.63, 3.8) is 0 Å². The molecule has 1 aromatic carbocycles. The van der Waals surface area contributed by atoms with Gasteiger partial charge >= 0.3 is 5.97 Å². The van der Waals surface area contributed by atoms with Crippen LogP contribution in [0.15, 0.2) is 28.7 Å². The molecule has 0 saturated carbocycles. The molecule has 17 heavy (non-hydrogen) atoms. The van der Waals surface area contributed by atoms with Gasteiger partial charge in [-0.15, -0.1) is 0 Å². The number of carbonyl (C=O) groups is 2. The van der Waals surface area contributed by atoms with E-state index in [9.17, 15) is 9.59 Å². The van der Waals surface area contributed by atoms with Gasteiger partial charge in [-0.1, -0.05) is 28.1 Å². The van der Waals surface area contributed by atoms with Gasteiger partial charge in [0.2, 0.25) is 5.91 Å². The minimum absolute atomic E-state index is 0.0369. The number of hydrogen-bond acceptors (Lipinski definition) is 2. The normalized spacial score (nSPS) is 11.9. The lowest BCUT2D eigenvalue weighted by Gasteiger charge is -2.12. The van der Waals surface area contributed by atoms with Gasteiger partial charge in [0.05, 0.1) is 5.92 Å². The second-order valence-corrected chi connectivity index (χ2v) is 4.52. The van der Waals surface area contributed by atoms with E-state index in [1.807, 2.05) is 0 Å². The molecule has 4 nitrogen and oxygen atoms in total. The third kappa shape index (κ3) is 4.19. The van der Waals surface area contributed by atoms with Crippen LogP contribution in [-0.4, -0.2) is 23.5 Å². The Labute approximate surface area is 108 Å². The first-order valence-electron chi connectivity index (χ1n) is 5.29. The maximum Gasteiger partial charge on any atom is 0.311 e. The van der Waals surface area contributed by atoms with Gasteiger partial charge in [-0.3, -0.25) is 9.59 Å². The van der Waals surface area contributed by atoms with Gasteiger partial charge in [0.15, 0.2) is 0 Å². The number of nitrogens with one attached hydrogen (secondary N) is 1. The van der Waals surface area contributed by atoms with Crippen LogP contribution in [0.2, 0.25) is 0 Å². The Kier molecular flexibility index (Phi) is 5.15. The molecule has 0 aliphatic heterocycles. The number of rotatable bonds is 5. The Balaban J connectivity index is 2.82. The molecule has 92 valence electrons. The van der Waals surface area contributed by atoms with Crippen molar-refractivity contribution in [1.29, 1.82) is 0 Å². The summed E-state index contributed by atoms with van der Waals surface area (Å²) in [7, 11) is 0. The molecule has 2 N–H and O–H groups in total. The van der Waals surface area contributed by atoms with Crippen LogP contribution in [0.4, 0.5) is 0 Å². The van der Waals surface area contributed by atoms with Crippen LogP contribution in [0, 0.1) is 0 Å². The fourth-order valence-electron chi connectivity index (χ4n) is 1.50. The van der Waals surface area contributed by atoms with Crippen molar-refractivity contribution in [1.82, 2.24) is 5.32 Å². The molecular weight excluding hydrogens is 286 g/mol. The van der Waals surface area contributed by atoms with Crippen LogP contribution in [0.25, 0.3) is 0 Å². The predicted molar refractivity (Wildman–Crippen MR) is 67.8 cm³/mol. The molecule has 0 saturated heterocycles. The summed E-state index contributed by atoms with van der Waals surface area (Å²) in [5.74, 6) is -2.03. The lowest BCUT2D eigenvalue weighted by molar-refractivity contribution is -0.140. The first kappa shape index (κ1) is 13.7. The van der Waals surface area contributed by atoms with E-state index in [4.69, 9.17) is 5.11 Å². The molecule has 5 heteroatoms. The first-order chi connectivity index (χ1) is 8.04. The van der Waals surface area contributed by atoms with Gasteiger partial charge in [0.25, 0.3) is 0 Å². The van der Waals surface area contributed by atoms with E-state index >= 15 is 0 Å². The Morgan fingerprint density at radius 2 is 1.94 bits per heavy atom. The molecule has 1 rings (SSSR count). The molecular formula is C12H14BrNO3. The zero-order valence-corrected chi connectivity index (χ0v) is 11.0. The second-order valence-electron chi connectivity index (χ2n) is 3.60. The fraction of sp³-hybridized carbons (Fsp3) is 0.333. The summed E-state index contributed by atoms with van der Waals surface area (Å²) in [6.07, 6.45) is -0.0369. The number of aliphatic carboxylic acids is 1. The van der Waals surface area contributed by atoms with Crippen molar-refractivity contribution in [2.75, 3.05) is 6.54 Å². The molecule has 0 spiro atoms. The van der Waals surface area contributed by atoms with Gasteiger partial charge in [0.1, 0.15) is 0 Å². The van der Waals surface area contributed by atoms with Crippen molar-refractivity contribution in [3.05, 3.63) is 34.3 Å². The maximum atomic E-state index is 11.4. The standard InChI is InChI=1S/C12H14BrNO3/c1-2-14-11(15)7-10(12(16)17)8-3-5-9(13)6-4-8/h3-6,10H,2,7H2,1H3,(H,14,15)(H,16,17). The quantitative estimate of drug-likeness (QED) is 0.875. The van der Waals surface area contributed by atoms with Crippen LogP contribution in [0.5, 0.6) is 0 Å². The Morgan fingerprint density at radius 3 is 2.41 bits per heavy atom. The molecule has 0 aliphatic carbocycles. The molecule has 1 aromatic rings. The highest BCUT2D eigenvalue weighted by Gasteiger charge is 2.22. The van der Waals surface area contributed by atoms with Gasteiger partial charge in [-0.2, -0.15) is 0 Å². The summed E-state index contributed by atoms with van der Waals surface area (Å²) in [4.78, 5) is 22.5. The third-order valence-electron chi connectivity index (χ3n) is 2.33. The van der Waals surface area contributed by atoms with E-state index in [0.29, 0.717) is 12.1 Å². The van der Waals surface area contributed by atoms with Gasteiger partial charge < -0.3 is 10.4 Å². The maximum absolute atomic E-state index is 11.4. The molecule has 0 bridgehead atoms. The zero-order chi connectivity index (χ0) is 12.8. The molecule has 0 aromatic heterocycles. The molecule has 0 aliphatic rings. The summed E-state index contributed by atoms with van der Waals surface area (Å²) in [5, 5.41) is 11.7. The molecule has 0 heterocycles. The number of carboxylic acid groups (broad SMARTS) is 1. The summed E-state index contributed by atoms with van der Waals surface area (Å²) < 4.78 is 0.878. The smallest absolute Gasteiger partial charge is 0.311 e. The van der Waals surface area contributed by atoms with Gasteiger partial charge in [0, 0.05) is 17.4 Å². The third-order valence-corrected chi connectivity index (χ3v) is 2.86. The minimum Gasteiger partial charge on any atom is -0.481 e. The van der Waals surface area contributed by atoms with Crippen LogP contribution in [-0.2, 0) is 9.59 Å². The number of carbonyl (C=O) groups excluding carboxylic acids is 1. The average molecular weight is 300 g/mol. The number of benzene rings is 1. The number of carboxylic acids is 1. The van der Waals surface area contributed by atoms with Gasteiger partial charge in [-0.05, 0) is 24.6 Å². The first-order valence-corrected chi connectivity index (χ1v) is 6.09. The SMILES string of the molecule is CCNC(=O)CC(C(=O)O)c1ccc(Br)cc1. The van der Waals surface area contributed by atoms with E-state index in [0.717, 1.165) is 4.47 Å². The van der Waals surface area contributed by atoms with Crippen LogP contribution < -0.4 is 5.32 Å². The Bertz CT molecular complexity index is 403. The summed E-state index contributed by atoms with van der Waals surface area (Å²) in [6.45, 7) is 2.30. The number of halogens is 1. The average Bonchev–Trinajstić information content (AvgIpc) is 2.27. The number of amides is 1. The second kappa shape index (κ2) is 6.39. The summed E-state index contributed by atoms with van der Waals surface area (Å²) in [6, 6.07) is 6.95. The number of hydrogen-bond donors (Lipinski definition) is 2. The van der Waals surface area contributed by atoms with Crippen molar-refractivity contribution < 1.29 is 14.7 Å². The molecule has 1 amide bonds. The highest BCUT2D eigenvalue weighted by Crippen LogP contribution is 2.22. The molecule has 1 atom stereocenters. The monoisotopic (exact) mass is 299 g/mol. The molecule has 1 unspecified atom stereocenters. The summed E-state index contributed by atoms with van der Waals surface area (Å²) in [5.41, 5.74) is 0.631. The van der Waals surface area contributed by atoms with Crippen LogP contribution in [0.1, 0.15) is 24.8 Å². The molecule has 0 radical (unpaired) electrons. The minimum atomic E-state index is -0.987. The fourth-order valence-corrected chi connectivity index (χ4v) is 1.76. The van der Waals surface area contributed by atoms with Crippen molar-refractivity contribution >= 4 is 27.8 Å². The molecule has 0 fully saturated rings. The van der Waals surface area contributed by atoms with Crippen molar-refractivity contribution in [2.45, 2.75) is 19.3 Å². The van der Waals surface area contributed by atoms with E-state index in [-0.39, 0.29) is 12.3 Å². The Morgan fingerprint density at radius 1 is 1.35 bits per heavy atom. The largest absolute Gasteiger partial charge is 0.481 e. The zero-order valence-electron chi connectivity index (χ0n) is 9.44. The highest BCUT2D eigenvalue weighted by molar-refractivity contribution is 9.10. The van der Waals surface area contributed by atoms with Crippen LogP contribution in [0.3, 0.4) is 0 Å². The predicted octanol–water partition coefficient (Wildman–Crippen LogP) is 2.14. The lowest BCUT2D eigenvalue weighted by atomic mass is 9.95. The van der Waals surface area contributed by atoms with E-state index in [1.54, 1.807) is 31.2 Å². The van der Waals surface area contributed by atoms with E-state index in [2.05, 4.69) is 21.2 Å². The van der Waals surface area contributed by atoms with E-state index < -0.39 is 11.9 Å². The van der Waals surface area contributed by atoms with Crippen molar-refractivity contribution in [2.24, 2.45) is 0 Å². The highest BCUT2D eigenvalue weighted by atomic mass is 79.9. The Hall–Kier alpha value is -1.36. The van der Waals surface area contributed by atoms with Crippen LogP contribution >= 0.6 is 15.9 Å². The van der Waals surface area contributed by atoms with Crippen molar-refractivity contribution in [3.8, 4) is 0 Å². The van der Waals surface area contributed by atoms with E-state index in [1.165, 1.54) is 0 Å².